The Balaban J connectivity index is 1.42. The molecule has 5 aromatic rings. The number of aliphatic hydroxyl groups is 1. The average Bonchev–Trinajstić information content (AvgIpc) is 3.84. The monoisotopic (exact) mass is 1070 g/mol. The molecule has 1 aliphatic rings. The highest BCUT2D eigenvalue weighted by atomic mass is 16.3. The number of aromatic hydroxyl groups is 1. The number of unbranched alkanes of at least 4 members (excludes halogenated alkanes) is 1. The highest BCUT2D eigenvalue weighted by molar-refractivity contribution is 6.00. The van der Waals surface area contributed by atoms with Crippen molar-refractivity contribution in [2.45, 2.75) is 120 Å². The number of primary amides is 1. The molecule has 1 fully saturated rings. The molecule has 23 heteroatoms. The van der Waals surface area contributed by atoms with Crippen LogP contribution in [-0.4, -0.2) is 136 Å². The van der Waals surface area contributed by atoms with Crippen LogP contribution in [0.2, 0.25) is 0 Å². The molecule has 23 nitrogen and oxygen atoms in total. The van der Waals surface area contributed by atoms with Gasteiger partial charge in [0.2, 0.25) is 53.2 Å². The summed E-state index contributed by atoms with van der Waals surface area (Å²) in [5.74, 6) is -9.31. The van der Waals surface area contributed by atoms with E-state index in [1.54, 1.807) is 32.2 Å². The van der Waals surface area contributed by atoms with Gasteiger partial charge in [-0.05, 0) is 90.7 Å². The summed E-state index contributed by atoms with van der Waals surface area (Å²) in [4.78, 5) is 130. The Bertz CT molecular complexity index is 2960. The number of phenols is 1. The van der Waals surface area contributed by atoms with Gasteiger partial charge >= 0.3 is 0 Å². The molecule has 0 unspecified atom stereocenters. The lowest BCUT2D eigenvalue weighted by Crippen LogP contribution is -2.63. The first-order valence-corrected chi connectivity index (χ1v) is 25.8. The summed E-state index contributed by atoms with van der Waals surface area (Å²) >= 11 is 0. The number of amides is 9. The minimum atomic E-state index is -1.77. The SMILES string of the molecule is CC(C)[C@@H]1NC(=O)[C@H](CCCCN)NC(=O)[C@@H](Cc2c[nH]c3ccccc23)NC(=O)[C@H](Cc2ccc(O)cc2)NC(=O)[C@@H](NC(=O)[C@H](N)Cc2ccc3ccccc3c2)CC(=O)NC[C@@H](C(=O)N[C@H](C(N)=O)[C@@H](C)O)NC1=O. The predicted octanol–water partition coefficient (Wildman–Crippen LogP) is -1.05. The molecule has 1 aromatic heterocycles. The number of benzene rings is 4. The summed E-state index contributed by atoms with van der Waals surface area (Å²) in [7, 11) is 0. The maximum absolute atomic E-state index is 14.9. The molecule has 0 aliphatic carbocycles. The molecule has 0 saturated carbocycles. The summed E-state index contributed by atoms with van der Waals surface area (Å²) < 4.78 is 0. The Kier molecular flexibility index (Phi) is 20.8. The number of aromatic nitrogens is 1. The van der Waals surface area contributed by atoms with Gasteiger partial charge in [0, 0.05) is 36.5 Å². The number of hydrogen-bond donors (Lipinski definition) is 14. The van der Waals surface area contributed by atoms with E-state index in [2.05, 4.69) is 47.5 Å². The van der Waals surface area contributed by atoms with E-state index in [0.29, 0.717) is 29.5 Å². The molecule has 9 atom stereocenters. The van der Waals surface area contributed by atoms with E-state index < -0.39 is 126 Å². The maximum atomic E-state index is 14.9. The van der Waals surface area contributed by atoms with Crippen LogP contribution < -0.4 is 59.7 Å². The number of aromatic amines is 1. The molecule has 78 heavy (non-hydrogen) atoms. The number of para-hydroxylation sites is 1. The number of carbonyl (C=O) groups is 9. The molecule has 6 rings (SSSR count). The Morgan fingerprint density at radius 3 is 2.03 bits per heavy atom. The van der Waals surface area contributed by atoms with E-state index in [1.807, 2.05) is 54.6 Å². The van der Waals surface area contributed by atoms with E-state index >= 15 is 0 Å². The molecule has 0 bridgehead atoms. The Morgan fingerprint density at radius 2 is 1.35 bits per heavy atom. The normalized spacial score (nSPS) is 21.4. The van der Waals surface area contributed by atoms with Gasteiger partial charge in [0.15, 0.2) is 0 Å². The second kappa shape index (κ2) is 27.6. The summed E-state index contributed by atoms with van der Waals surface area (Å²) in [5, 5.41) is 43.7. The smallest absolute Gasteiger partial charge is 0.245 e. The molecule has 9 amide bonds. The van der Waals surface area contributed by atoms with Crippen LogP contribution in [0.5, 0.6) is 5.75 Å². The zero-order chi connectivity index (χ0) is 56.6. The molecule has 2 heterocycles. The number of H-pyrrole nitrogens is 1. The van der Waals surface area contributed by atoms with Crippen molar-refractivity contribution < 1.29 is 53.4 Å². The summed E-state index contributed by atoms with van der Waals surface area (Å²) in [6.07, 6.45) is -0.244. The fraction of sp³-hybridized carbons (Fsp3) is 0.400. The molecule has 416 valence electrons. The third kappa shape index (κ3) is 16.3. The number of rotatable bonds is 17. The van der Waals surface area contributed by atoms with Crippen molar-refractivity contribution in [1.82, 2.24) is 47.5 Å². The lowest BCUT2D eigenvalue weighted by Gasteiger charge is -2.30. The van der Waals surface area contributed by atoms with E-state index in [0.717, 1.165) is 21.7 Å². The minimum Gasteiger partial charge on any atom is -0.508 e. The molecule has 4 aromatic carbocycles. The average molecular weight is 1080 g/mol. The van der Waals surface area contributed by atoms with E-state index in [-0.39, 0.29) is 38.0 Å². The molecule has 0 spiro atoms. The highest BCUT2D eigenvalue weighted by Crippen LogP contribution is 2.21. The van der Waals surface area contributed by atoms with Crippen molar-refractivity contribution in [3.8, 4) is 5.75 Å². The van der Waals surface area contributed by atoms with Crippen LogP contribution in [0.3, 0.4) is 0 Å². The van der Waals surface area contributed by atoms with Crippen molar-refractivity contribution in [2.75, 3.05) is 13.1 Å². The molecule has 17 N–H and O–H groups in total. The van der Waals surface area contributed by atoms with Gasteiger partial charge in [-0.2, -0.15) is 0 Å². The standard InChI is InChI=1S/C55H70N12O11/c1-29(2)46-55(78)65-44(54(77)67-47(30(3)68)48(58)71)28-60-45(70)26-43(62-49(72)38(57)23-32-15-18-33-10-4-5-11-34(33)22-32)53(76)63-41(24-31-16-19-36(69)20-17-31)51(74)64-42(25-35-27-59-39-13-7-6-12-37(35)39)52(75)61-40(50(73)66-46)14-8-9-21-56/h4-7,10-13,15-20,22,27,29-30,38,40-44,46-47,59,68-69H,8-9,14,21,23-26,28,56-57H2,1-3H3,(H2,58,71)(H,60,70)(H,61,75)(H,62,72)(H,63,76)(H,64,74)(H,65,78)(H,66,73)(H,67,77)/t30-,38-,40+,41+,42-,43+,44+,46+,47+/m1/s1. The Hall–Kier alpha value is -8.41. The number of fused-ring (bicyclic) bond motifs is 2. The quantitative estimate of drug-likeness (QED) is 0.0495. The molecule has 0 radical (unpaired) electrons. The van der Waals surface area contributed by atoms with Gasteiger partial charge in [0.25, 0.3) is 0 Å². The third-order valence-corrected chi connectivity index (χ3v) is 13.4. The summed E-state index contributed by atoms with van der Waals surface area (Å²) in [5.41, 5.74) is 20.2. The second-order valence-electron chi connectivity index (χ2n) is 19.9. The first kappa shape index (κ1) is 58.8. The van der Waals surface area contributed by atoms with Crippen molar-refractivity contribution in [1.29, 1.82) is 0 Å². The molecule has 1 aliphatic heterocycles. The molecular formula is C55H70N12O11. The van der Waals surface area contributed by atoms with Crippen molar-refractivity contribution in [3.05, 3.63) is 114 Å². The predicted molar refractivity (Wildman–Crippen MR) is 289 cm³/mol. The lowest BCUT2D eigenvalue weighted by atomic mass is 9.99. The first-order valence-electron chi connectivity index (χ1n) is 25.8. The number of nitrogens with two attached hydrogens (primary N) is 3. The number of phenolic OH excluding ortho intramolecular Hbond substituents is 1. The van der Waals surface area contributed by atoms with E-state index in [9.17, 15) is 53.4 Å². The zero-order valence-corrected chi connectivity index (χ0v) is 43.7. The van der Waals surface area contributed by atoms with Gasteiger partial charge in [0.1, 0.15) is 48.0 Å². The van der Waals surface area contributed by atoms with Gasteiger partial charge in [-0.25, -0.2) is 0 Å². The van der Waals surface area contributed by atoms with Crippen LogP contribution in [0.25, 0.3) is 21.7 Å². The van der Waals surface area contributed by atoms with Crippen LogP contribution in [0.4, 0.5) is 0 Å². The maximum Gasteiger partial charge on any atom is 0.245 e. The van der Waals surface area contributed by atoms with Crippen LogP contribution in [-0.2, 0) is 62.4 Å². The topological polar surface area (TPSA) is 384 Å². The summed E-state index contributed by atoms with van der Waals surface area (Å²) in [6, 6.07) is 14.0. The van der Waals surface area contributed by atoms with E-state index in [4.69, 9.17) is 17.2 Å². The van der Waals surface area contributed by atoms with Gasteiger partial charge in [-0.1, -0.05) is 86.6 Å². The minimum absolute atomic E-state index is 0.00388. The highest BCUT2D eigenvalue weighted by Gasteiger charge is 2.37. The molecular weight excluding hydrogens is 1000 g/mol. The van der Waals surface area contributed by atoms with Crippen LogP contribution in [0.15, 0.2) is 97.2 Å². The van der Waals surface area contributed by atoms with Gasteiger partial charge in [-0.3, -0.25) is 43.2 Å². The Labute approximate surface area is 450 Å². The van der Waals surface area contributed by atoms with Gasteiger partial charge in [-0.15, -0.1) is 0 Å². The molecule has 1 saturated heterocycles. The largest absolute Gasteiger partial charge is 0.508 e. The van der Waals surface area contributed by atoms with Crippen LogP contribution in [0.1, 0.15) is 63.1 Å². The van der Waals surface area contributed by atoms with E-state index in [1.165, 1.54) is 31.2 Å². The van der Waals surface area contributed by atoms with Crippen molar-refractivity contribution in [3.63, 3.8) is 0 Å². The third-order valence-electron chi connectivity index (χ3n) is 13.4. The summed E-state index contributed by atoms with van der Waals surface area (Å²) in [6.45, 7) is 3.93. The second-order valence-corrected chi connectivity index (χ2v) is 19.9. The Morgan fingerprint density at radius 1 is 0.718 bits per heavy atom. The van der Waals surface area contributed by atoms with Crippen LogP contribution >= 0.6 is 0 Å². The van der Waals surface area contributed by atoms with Gasteiger partial charge in [0.05, 0.1) is 18.6 Å². The van der Waals surface area contributed by atoms with Crippen molar-refractivity contribution in [2.24, 2.45) is 23.1 Å². The lowest BCUT2D eigenvalue weighted by molar-refractivity contribution is -0.137. The fourth-order valence-corrected chi connectivity index (χ4v) is 9.00. The van der Waals surface area contributed by atoms with Crippen molar-refractivity contribution >= 4 is 74.8 Å². The number of nitrogens with one attached hydrogen (secondary N) is 9. The number of hydrogen-bond acceptors (Lipinski definition) is 13. The fourth-order valence-electron chi connectivity index (χ4n) is 9.00. The zero-order valence-electron chi connectivity index (χ0n) is 43.7. The van der Waals surface area contributed by atoms with Gasteiger partial charge < -0.3 is 74.9 Å². The first-order chi connectivity index (χ1) is 37.2. The number of aliphatic hydroxyl groups excluding tert-OH is 1. The number of carbonyl (C=O) groups excluding carboxylic acids is 9. The van der Waals surface area contributed by atoms with Crippen LogP contribution in [0, 0.1) is 5.92 Å².